The van der Waals surface area contributed by atoms with Gasteiger partial charge in [0.25, 0.3) is 0 Å². The number of aliphatic hydroxyl groups excluding tert-OH is 1. The molecule has 0 aromatic heterocycles. The number of rotatable bonds is 4. The van der Waals surface area contributed by atoms with Gasteiger partial charge in [-0.2, -0.15) is 0 Å². The highest BCUT2D eigenvalue weighted by molar-refractivity contribution is 4.89. The minimum Gasteiger partial charge on any atom is -0.391 e. The highest BCUT2D eigenvalue weighted by atomic mass is 16.3. The molecule has 17 heavy (non-hydrogen) atoms. The monoisotopic (exact) mass is 241 g/mol. The quantitative estimate of drug-likeness (QED) is 0.816. The molecule has 0 aromatic rings. The number of nitrogens with zero attached hydrogens (tertiary/aromatic N) is 1. The Morgan fingerprint density at radius 2 is 1.88 bits per heavy atom. The largest absolute Gasteiger partial charge is 0.391 e. The zero-order valence-corrected chi connectivity index (χ0v) is 12.4. The number of hydrogen-bond donors (Lipinski definition) is 1. The SMILES string of the molecule is CCCCN(C)C1CC(C(C)(C)C)CCC1O. The lowest BCUT2D eigenvalue weighted by Crippen LogP contribution is -2.47. The summed E-state index contributed by atoms with van der Waals surface area (Å²) in [5.74, 6) is 0.750. The van der Waals surface area contributed by atoms with Crippen LogP contribution in [0.2, 0.25) is 0 Å². The van der Waals surface area contributed by atoms with Gasteiger partial charge in [0.2, 0.25) is 0 Å². The summed E-state index contributed by atoms with van der Waals surface area (Å²) in [6.07, 6.45) is 5.67. The average molecular weight is 241 g/mol. The second-order valence-corrected chi connectivity index (χ2v) is 6.84. The first-order chi connectivity index (χ1) is 7.86. The standard InChI is InChI=1S/C15H31NO/c1-6-7-10-16(5)13-11-12(15(2,3)4)8-9-14(13)17/h12-14,17H,6-11H2,1-5H3. The van der Waals surface area contributed by atoms with Crippen LogP contribution in [0.5, 0.6) is 0 Å². The third-order valence-electron chi connectivity index (χ3n) is 4.44. The van der Waals surface area contributed by atoms with E-state index in [-0.39, 0.29) is 6.10 Å². The van der Waals surface area contributed by atoms with Crippen molar-refractivity contribution in [2.75, 3.05) is 13.6 Å². The third kappa shape index (κ3) is 4.26. The van der Waals surface area contributed by atoms with E-state index < -0.39 is 0 Å². The molecule has 3 unspecified atom stereocenters. The summed E-state index contributed by atoms with van der Waals surface area (Å²) < 4.78 is 0. The molecule has 2 heteroatoms. The Morgan fingerprint density at radius 1 is 1.24 bits per heavy atom. The zero-order chi connectivity index (χ0) is 13.1. The first-order valence-electron chi connectivity index (χ1n) is 7.24. The lowest BCUT2D eigenvalue weighted by molar-refractivity contribution is -0.00783. The summed E-state index contributed by atoms with van der Waals surface area (Å²) in [5.41, 5.74) is 0.379. The summed E-state index contributed by atoms with van der Waals surface area (Å²) in [7, 11) is 2.18. The molecule has 2 nitrogen and oxygen atoms in total. The van der Waals surface area contributed by atoms with Crippen LogP contribution >= 0.6 is 0 Å². The van der Waals surface area contributed by atoms with E-state index in [4.69, 9.17) is 0 Å². The fourth-order valence-corrected chi connectivity index (χ4v) is 2.96. The molecule has 0 aliphatic heterocycles. The van der Waals surface area contributed by atoms with Crippen LogP contribution in [0.4, 0.5) is 0 Å². The van der Waals surface area contributed by atoms with Crippen molar-refractivity contribution >= 4 is 0 Å². The predicted molar refractivity (Wildman–Crippen MR) is 74.1 cm³/mol. The molecule has 0 amide bonds. The third-order valence-corrected chi connectivity index (χ3v) is 4.44. The summed E-state index contributed by atoms with van der Waals surface area (Å²) in [6, 6.07) is 0.375. The van der Waals surface area contributed by atoms with Gasteiger partial charge >= 0.3 is 0 Å². The predicted octanol–water partition coefficient (Wildman–Crippen LogP) is 3.29. The molecule has 3 atom stereocenters. The van der Waals surface area contributed by atoms with Crippen LogP contribution in [-0.2, 0) is 0 Å². The van der Waals surface area contributed by atoms with Crippen LogP contribution in [0.1, 0.15) is 59.8 Å². The van der Waals surface area contributed by atoms with Crippen molar-refractivity contribution in [1.29, 1.82) is 0 Å². The Kier molecular flexibility index (Phi) is 5.46. The lowest BCUT2D eigenvalue weighted by atomic mass is 9.70. The highest BCUT2D eigenvalue weighted by Gasteiger charge is 2.36. The Labute approximate surface area is 107 Å². The van der Waals surface area contributed by atoms with Crippen molar-refractivity contribution in [3.8, 4) is 0 Å². The summed E-state index contributed by atoms with van der Waals surface area (Å²) >= 11 is 0. The molecule has 0 spiro atoms. The fourth-order valence-electron chi connectivity index (χ4n) is 2.96. The maximum atomic E-state index is 10.2. The molecule has 1 aliphatic carbocycles. The first kappa shape index (κ1) is 15.0. The van der Waals surface area contributed by atoms with E-state index in [1.165, 1.54) is 19.3 Å². The summed E-state index contributed by atoms with van der Waals surface area (Å²) in [4.78, 5) is 2.38. The topological polar surface area (TPSA) is 23.5 Å². The van der Waals surface area contributed by atoms with Crippen LogP contribution in [0.25, 0.3) is 0 Å². The molecule has 0 aromatic carbocycles. The van der Waals surface area contributed by atoms with E-state index in [0.717, 1.165) is 25.3 Å². The van der Waals surface area contributed by atoms with Crippen molar-refractivity contribution in [2.24, 2.45) is 11.3 Å². The van der Waals surface area contributed by atoms with Gasteiger partial charge in [0.15, 0.2) is 0 Å². The van der Waals surface area contributed by atoms with E-state index in [1.54, 1.807) is 0 Å². The van der Waals surface area contributed by atoms with Crippen LogP contribution in [-0.4, -0.2) is 35.7 Å². The van der Waals surface area contributed by atoms with E-state index in [0.29, 0.717) is 11.5 Å². The Morgan fingerprint density at radius 3 is 2.41 bits per heavy atom. The molecule has 0 radical (unpaired) electrons. The van der Waals surface area contributed by atoms with Gasteiger partial charge in [-0.25, -0.2) is 0 Å². The second-order valence-electron chi connectivity index (χ2n) is 6.84. The lowest BCUT2D eigenvalue weighted by Gasteiger charge is -2.43. The number of unbranched alkanes of at least 4 members (excludes halogenated alkanes) is 1. The minimum atomic E-state index is -0.115. The van der Waals surface area contributed by atoms with Crippen LogP contribution < -0.4 is 0 Å². The van der Waals surface area contributed by atoms with Gasteiger partial charge < -0.3 is 10.0 Å². The molecule has 1 fully saturated rings. The molecule has 1 rings (SSSR count). The van der Waals surface area contributed by atoms with Gasteiger partial charge in [0.1, 0.15) is 0 Å². The average Bonchev–Trinajstić information content (AvgIpc) is 2.24. The zero-order valence-electron chi connectivity index (χ0n) is 12.4. The number of likely N-dealkylation sites (N-methyl/N-ethyl adjacent to an activating group) is 1. The second kappa shape index (κ2) is 6.19. The molecule has 0 heterocycles. The first-order valence-corrected chi connectivity index (χ1v) is 7.24. The van der Waals surface area contributed by atoms with Gasteiger partial charge in [-0.3, -0.25) is 0 Å². The minimum absolute atomic E-state index is 0.115. The highest BCUT2D eigenvalue weighted by Crippen LogP contribution is 2.39. The van der Waals surface area contributed by atoms with Crippen molar-refractivity contribution in [1.82, 2.24) is 4.90 Å². The molecule has 102 valence electrons. The van der Waals surface area contributed by atoms with Gasteiger partial charge in [-0.1, -0.05) is 34.1 Å². The molecule has 1 saturated carbocycles. The molecule has 1 N–H and O–H groups in total. The van der Waals surface area contributed by atoms with Crippen LogP contribution in [0, 0.1) is 11.3 Å². The normalized spacial score (nSPS) is 30.9. The van der Waals surface area contributed by atoms with Crippen molar-refractivity contribution in [3.05, 3.63) is 0 Å². The molecule has 0 bridgehead atoms. The van der Waals surface area contributed by atoms with Crippen LogP contribution in [0.3, 0.4) is 0 Å². The van der Waals surface area contributed by atoms with Gasteiger partial charge in [0, 0.05) is 6.04 Å². The van der Waals surface area contributed by atoms with E-state index in [9.17, 15) is 5.11 Å². The van der Waals surface area contributed by atoms with Crippen molar-refractivity contribution in [2.45, 2.75) is 71.9 Å². The smallest absolute Gasteiger partial charge is 0.0695 e. The van der Waals surface area contributed by atoms with Crippen molar-refractivity contribution in [3.63, 3.8) is 0 Å². The maximum absolute atomic E-state index is 10.2. The summed E-state index contributed by atoms with van der Waals surface area (Å²) in [5, 5.41) is 10.2. The van der Waals surface area contributed by atoms with Crippen LogP contribution in [0.15, 0.2) is 0 Å². The number of aliphatic hydroxyl groups is 1. The molecular formula is C15H31NO. The van der Waals surface area contributed by atoms with E-state index >= 15 is 0 Å². The Balaban J connectivity index is 2.57. The molecule has 0 saturated heterocycles. The summed E-state index contributed by atoms with van der Waals surface area (Å²) in [6.45, 7) is 10.3. The maximum Gasteiger partial charge on any atom is 0.0695 e. The van der Waals surface area contributed by atoms with Gasteiger partial charge in [0.05, 0.1) is 6.10 Å². The van der Waals surface area contributed by atoms with E-state index in [1.807, 2.05) is 0 Å². The fraction of sp³-hybridized carbons (Fsp3) is 1.00. The number of hydrogen-bond acceptors (Lipinski definition) is 2. The van der Waals surface area contributed by atoms with Gasteiger partial charge in [-0.15, -0.1) is 0 Å². The van der Waals surface area contributed by atoms with Crippen molar-refractivity contribution < 1.29 is 5.11 Å². The van der Waals surface area contributed by atoms with E-state index in [2.05, 4.69) is 39.6 Å². The van der Waals surface area contributed by atoms with Gasteiger partial charge in [-0.05, 0) is 50.6 Å². The molecule has 1 aliphatic rings. The molecular weight excluding hydrogens is 210 g/mol. The Bertz CT molecular complexity index is 221. The Hall–Kier alpha value is -0.0800.